The molecule has 0 amide bonds. The van der Waals surface area contributed by atoms with Gasteiger partial charge in [0.05, 0.1) is 15.8 Å². The minimum absolute atomic E-state index is 0. The van der Waals surface area contributed by atoms with Crippen LogP contribution in [-0.2, 0) is 6.18 Å². The maximum Gasteiger partial charge on any atom is 0.416 e. The smallest absolute Gasteiger partial charge is 0.343 e. The molecule has 1 saturated heterocycles. The van der Waals surface area contributed by atoms with Crippen LogP contribution in [-0.4, -0.2) is 30.7 Å². The molecule has 142 valence electrons. The average molecular weight is 416 g/mol. The summed E-state index contributed by atoms with van der Waals surface area (Å²) in [5.41, 5.74) is 0.0269. The maximum absolute atomic E-state index is 12.8. The van der Waals surface area contributed by atoms with E-state index in [1.54, 1.807) is 0 Å². The number of fused-ring (bicyclic) bond motifs is 1. The van der Waals surface area contributed by atoms with Gasteiger partial charge in [0.1, 0.15) is 0 Å². The fourth-order valence-electron chi connectivity index (χ4n) is 2.98. The number of alkyl halides is 3. The average Bonchev–Trinajstić information content (AvgIpc) is 2.89. The van der Waals surface area contributed by atoms with E-state index in [-0.39, 0.29) is 24.8 Å². The van der Waals surface area contributed by atoms with Crippen molar-refractivity contribution in [1.29, 1.82) is 0 Å². The highest BCUT2D eigenvalue weighted by molar-refractivity contribution is 7.22. The molecule has 3 rings (SSSR count). The second-order valence-corrected chi connectivity index (χ2v) is 7.37. The highest BCUT2D eigenvalue weighted by Crippen LogP contribution is 2.36. The van der Waals surface area contributed by atoms with E-state index >= 15 is 0 Å². The van der Waals surface area contributed by atoms with E-state index in [0.29, 0.717) is 22.2 Å². The molecule has 1 atom stereocenters. The molecule has 0 spiro atoms. The Kier molecular flexibility index (Phi) is 7.80. The first-order chi connectivity index (χ1) is 10.8. The van der Waals surface area contributed by atoms with Gasteiger partial charge in [0.2, 0.25) is 0 Å². The zero-order chi connectivity index (χ0) is 16.6. The summed E-state index contributed by atoms with van der Waals surface area (Å²) in [5.74, 6) is 0.564. The number of hydrogen-bond acceptors (Lipinski definition) is 4. The predicted molar refractivity (Wildman–Crippen MR) is 103 cm³/mol. The SMILES string of the molecule is CC(C)C[C@@H]1CNCCN1c1nc2ccc(C(F)(F)F)cc2s1.Cl.Cl. The van der Waals surface area contributed by atoms with Crippen LogP contribution < -0.4 is 10.2 Å². The van der Waals surface area contributed by atoms with Gasteiger partial charge < -0.3 is 10.2 Å². The van der Waals surface area contributed by atoms with Gasteiger partial charge in [-0.15, -0.1) is 24.8 Å². The molecule has 0 aliphatic carbocycles. The molecule has 0 bridgehead atoms. The second kappa shape index (κ2) is 8.75. The Morgan fingerprint density at radius 3 is 2.68 bits per heavy atom. The van der Waals surface area contributed by atoms with Crippen molar-refractivity contribution in [3.8, 4) is 0 Å². The molecule has 1 aromatic carbocycles. The summed E-state index contributed by atoms with van der Waals surface area (Å²) < 4.78 is 39.1. The van der Waals surface area contributed by atoms with Gasteiger partial charge in [0.25, 0.3) is 0 Å². The van der Waals surface area contributed by atoms with Crippen molar-refractivity contribution in [1.82, 2.24) is 10.3 Å². The van der Waals surface area contributed by atoms with E-state index in [2.05, 4.69) is 29.0 Å². The molecule has 1 aliphatic rings. The summed E-state index contributed by atoms with van der Waals surface area (Å²) in [6.07, 6.45) is -3.27. The molecular formula is C16H22Cl2F3N3S. The summed E-state index contributed by atoms with van der Waals surface area (Å²) in [4.78, 5) is 6.81. The van der Waals surface area contributed by atoms with Crippen LogP contribution in [0.2, 0.25) is 0 Å². The first kappa shape index (κ1) is 22.3. The lowest BCUT2D eigenvalue weighted by Gasteiger charge is -2.37. The Balaban J connectivity index is 0.00000156. The molecule has 1 aliphatic heterocycles. The quantitative estimate of drug-likeness (QED) is 0.765. The van der Waals surface area contributed by atoms with Gasteiger partial charge in [-0.2, -0.15) is 13.2 Å². The van der Waals surface area contributed by atoms with Gasteiger partial charge in [-0.3, -0.25) is 0 Å². The lowest BCUT2D eigenvalue weighted by Crippen LogP contribution is -2.51. The van der Waals surface area contributed by atoms with Crippen molar-refractivity contribution in [2.24, 2.45) is 5.92 Å². The molecule has 0 radical (unpaired) electrons. The van der Waals surface area contributed by atoms with E-state index in [1.807, 2.05) is 0 Å². The highest BCUT2D eigenvalue weighted by atomic mass is 35.5. The zero-order valence-corrected chi connectivity index (χ0v) is 16.4. The molecule has 0 unspecified atom stereocenters. The molecule has 2 aromatic rings. The Morgan fingerprint density at radius 1 is 1.32 bits per heavy atom. The van der Waals surface area contributed by atoms with Crippen LogP contribution in [0.4, 0.5) is 18.3 Å². The Hall–Kier alpha value is -0.760. The van der Waals surface area contributed by atoms with Gasteiger partial charge in [-0.1, -0.05) is 25.2 Å². The molecule has 2 heterocycles. The van der Waals surface area contributed by atoms with Crippen molar-refractivity contribution in [3.63, 3.8) is 0 Å². The van der Waals surface area contributed by atoms with E-state index in [0.717, 1.165) is 37.3 Å². The third kappa shape index (κ3) is 5.12. The fraction of sp³-hybridized carbons (Fsp3) is 0.562. The molecule has 9 heteroatoms. The van der Waals surface area contributed by atoms with E-state index < -0.39 is 11.7 Å². The molecule has 1 aromatic heterocycles. The largest absolute Gasteiger partial charge is 0.416 e. The maximum atomic E-state index is 12.8. The standard InChI is InChI=1S/C16H20F3N3S.2ClH/c1-10(2)7-12-9-20-5-6-22(12)15-21-13-4-3-11(16(17,18)19)8-14(13)23-15;;/h3-4,8,10,12,20H,5-7,9H2,1-2H3;2*1H/t12-;;/m1../s1. The summed E-state index contributed by atoms with van der Waals surface area (Å²) >= 11 is 1.35. The zero-order valence-electron chi connectivity index (χ0n) is 14.0. The van der Waals surface area contributed by atoms with Crippen LogP contribution in [0.25, 0.3) is 10.2 Å². The predicted octanol–water partition coefficient (Wildman–Crippen LogP) is 4.98. The lowest BCUT2D eigenvalue weighted by atomic mass is 10.0. The van der Waals surface area contributed by atoms with Crippen LogP contribution in [0.5, 0.6) is 0 Å². The molecule has 1 N–H and O–H groups in total. The monoisotopic (exact) mass is 415 g/mol. The second-order valence-electron chi connectivity index (χ2n) is 6.36. The van der Waals surface area contributed by atoms with Crippen molar-refractivity contribution >= 4 is 51.5 Å². The Morgan fingerprint density at radius 2 is 2.04 bits per heavy atom. The number of nitrogens with one attached hydrogen (secondary N) is 1. The number of rotatable bonds is 3. The van der Waals surface area contributed by atoms with E-state index in [4.69, 9.17) is 0 Å². The van der Waals surface area contributed by atoms with Gasteiger partial charge in [-0.25, -0.2) is 4.98 Å². The number of thiazole rings is 1. The summed E-state index contributed by atoms with van der Waals surface area (Å²) in [5, 5.41) is 4.21. The molecular weight excluding hydrogens is 394 g/mol. The van der Waals surface area contributed by atoms with Gasteiger partial charge in [0, 0.05) is 25.7 Å². The van der Waals surface area contributed by atoms with Gasteiger partial charge in [0.15, 0.2) is 5.13 Å². The number of halogens is 5. The Bertz CT molecular complexity index is 691. The van der Waals surface area contributed by atoms with Crippen LogP contribution >= 0.6 is 36.2 Å². The molecule has 25 heavy (non-hydrogen) atoms. The first-order valence-corrected chi connectivity index (χ1v) is 8.61. The number of benzene rings is 1. The summed E-state index contributed by atoms with van der Waals surface area (Å²) in [7, 11) is 0. The van der Waals surface area contributed by atoms with E-state index in [9.17, 15) is 13.2 Å². The van der Waals surface area contributed by atoms with Crippen molar-refractivity contribution in [2.75, 3.05) is 24.5 Å². The number of anilines is 1. The minimum Gasteiger partial charge on any atom is -0.343 e. The molecule has 3 nitrogen and oxygen atoms in total. The van der Waals surface area contributed by atoms with Gasteiger partial charge in [-0.05, 0) is 30.5 Å². The summed E-state index contributed by atoms with van der Waals surface area (Å²) in [6.45, 7) is 6.96. The van der Waals surface area contributed by atoms with Crippen LogP contribution in [0.15, 0.2) is 18.2 Å². The van der Waals surface area contributed by atoms with Crippen LogP contribution in [0, 0.1) is 5.92 Å². The highest BCUT2D eigenvalue weighted by Gasteiger charge is 2.31. The van der Waals surface area contributed by atoms with Crippen molar-refractivity contribution < 1.29 is 13.2 Å². The third-order valence-corrected chi connectivity index (χ3v) is 5.10. The minimum atomic E-state index is -4.31. The van der Waals surface area contributed by atoms with Crippen LogP contribution in [0.1, 0.15) is 25.8 Å². The third-order valence-electron chi connectivity index (χ3n) is 4.04. The van der Waals surface area contributed by atoms with Crippen LogP contribution in [0.3, 0.4) is 0 Å². The summed E-state index contributed by atoms with van der Waals surface area (Å²) in [6, 6.07) is 4.12. The number of nitrogens with zero attached hydrogens (tertiary/aromatic N) is 2. The van der Waals surface area contributed by atoms with Crippen molar-refractivity contribution in [3.05, 3.63) is 23.8 Å². The Labute approximate surface area is 161 Å². The van der Waals surface area contributed by atoms with E-state index in [1.165, 1.54) is 23.5 Å². The van der Waals surface area contributed by atoms with Crippen molar-refractivity contribution in [2.45, 2.75) is 32.5 Å². The first-order valence-electron chi connectivity index (χ1n) is 7.80. The number of hydrogen-bond donors (Lipinski definition) is 1. The lowest BCUT2D eigenvalue weighted by molar-refractivity contribution is -0.137. The molecule has 0 saturated carbocycles. The topological polar surface area (TPSA) is 28.2 Å². The number of piperazine rings is 1. The van der Waals surface area contributed by atoms with Gasteiger partial charge >= 0.3 is 6.18 Å². The molecule has 1 fully saturated rings. The fourth-order valence-corrected chi connectivity index (χ4v) is 4.08. The normalized spacial score (nSPS) is 18.2. The number of aromatic nitrogens is 1.